The molecule has 6 heterocycles. The zero-order valence-electron chi connectivity index (χ0n) is 45.7. The summed E-state index contributed by atoms with van der Waals surface area (Å²) in [7, 11) is -3.34. The van der Waals surface area contributed by atoms with E-state index in [1.165, 1.54) is 0 Å². The van der Waals surface area contributed by atoms with Crippen LogP contribution in [0.2, 0.25) is 0 Å². The molecule has 426 valence electrons. The van der Waals surface area contributed by atoms with Gasteiger partial charge in [-0.2, -0.15) is 0 Å². The molecule has 0 saturated heterocycles. The molecule has 2 N–H and O–H groups in total. The molecule has 10 rings (SSSR count). The molecular weight excluding hydrogens is 1080 g/mol. The number of nitrogens with two attached hydrogens (primary N) is 1. The van der Waals surface area contributed by atoms with Crippen molar-refractivity contribution in [2.24, 2.45) is 0 Å². The Bertz CT molecular complexity index is 3380. The van der Waals surface area contributed by atoms with Gasteiger partial charge in [-0.3, -0.25) is 18.7 Å². The monoisotopic (exact) mass is 1150 g/mol. The average molecular weight is 1150 g/mol. The molecule has 0 bridgehead atoms. The van der Waals surface area contributed by atoms with Gasteiger partial charge in [-0.25, -0.2) is 19.9 Å². The van der Waals surface area contributed by atoms with E-state index in [-0.39, 0.29) is 58.0 Å². The maximum Gasteiger partial charge on any atom is 0.338 e. The standard InChI is InChI=1S/C31H33N4O4P.C16H17O4P.C14H15N5O.CH4/c1-3-35-29-27(31(36)34(2)28-17-10-18-32-30(28)35)20-26(21-33-29)16-11-19-40(37,38-22-24-12-6-4-7-13-24)39-23-25-14-8-5-9-15-25;17-11-12-21(18,19-13-15-7-3-1-4-8-15)20-14-16-9-5-2-6-10-16;1-3-19-12-10(7-9(15)8-17-12)14(20)18(2)11-5-4-6-16-13(11)19;/h4-10,12-15,17-18,20-21H,3,11,16,19,22-23H2,1-2H3;1-11H,12-14H2;4-8H,3,15H2,1-2H3;1H4. The van der Waals surface area contributed by atoms with E-state index in [0.717, 1.165) is 45.0 Å². The normalized spacial score (nSPS) is 12.6. The molecule has 4 aromatic carbocycles. The summed E-state index contributed by atoms with van der Waals surface area (Å²) in [4.78, 5) is 61.8. The van der Waals surface area contributed by atoms with Crippen molar-refractivity contribution in [2.45, 2.75) is 60.5 Å². The van der Waals surface area contributed by atoms with Gasteiger partial charge >= 0.3 is 15.2 Å². The molecule has 0 atom stereocenters. The van der Waals surface area contributed by atoms with Gasteiger partial charge < -0.3 is 48.2 Å². The third-order valence-corrected chi connectivity index (χ3v) is 16.6. The van der Waals surface area contributed by atoms with E-state index in [1.54, 1.807) is 54.7 Å². The van der Waals surface area contributed by atoms with Gasteiger partial charge in [-0.15, -0.1) is 0 Å². The maximum atomic E-state index is 13.8. The summed E-state index contributed by atoms with van der Waals surface area (Å²) in [6.07, 6.45) is 8.45. The Balaban J connectivity index is 0.000000194. The number of fused-ring (bicyclic) bond motifs is 4. The van der Waals surface area contributed by atoms with Crippen LogP contribution in [0.5, 0.6) is 0 Å². The second-order valence-corrected chi connectivity index (χ2v) is 23.0. The van der Waals surface area contributed by atoms with Gasteiger partial charge in [0.25, 0.3) is 11.8 Å². The first-order valence-electron chi connectivity index (χ1n) is 26.4. The number of benzene rings is 4. The van der Waals surface area contributed by atoms with E-state index in [9.17, 15) is 23.5 Å². The van der Waals surface area contributed by atoms with Crippen molar-refractivity contribution in [3.05, 3.63) is 221 Å². The molecule has 0 radical (unpaired) electrons. The summed E-state index contributed by atoms with van der Waals surface area (Å²) >= 11 is 0. The lowest BCUT2D eigenvalue weighted by Gasteiger charge is -2.22. The molecule has 0 fully saturated rings. The summed E-state index contributed by atoms with van der Waals surface area (Å²) in [5.74, 6) is 2.33. The van der Waals surface area contributed by atoms with E-state index in [0.29, 0.717) is 66.5 Å². The fourth-order valence-corrected chi connectivity index (χ4v) is 11.5. The highest BCUT2D eigenvalue weighted by molar-refractivity contribution is 7.54. The van der Waals surface area contributed by atoms with Gasteiger partial charge in [0.05, 0.1) is 67.0 Å². The molecule has 82 heavy (non-hydrogen) atoms. The second-order valence-electron chi connectivity index (χ2n) is 18.7. The molecule has 8 aromatic rings. The molecule has 0 spiro atoms. The summed E-state index contributed by atoms with van der Waals surface area (Å²) in [5, 5.41) is 0. The summed E-state index contributed by atoms with van der Waals surface area (Å²) in [6, 6.07) is 48.9. The molecule has 18 nitrogen and oxygen atoms in total. The first kappa shape index (κ1) is 61.4. The fourth-order valence-electron chi connectivity index (χ4n) is 8.82. The topological polar surface area (TPSA) is 213 Å². The number of hydrogen-bond donors (Lipinski definition) is 1. The molecule has 0 saturated carbocycles. The molecule has 4 aromatic heterocycles. The lowest BCUT2D eigenvalue weighted by atomic mass is 10.1. The minimum absolute atomic E-state index is 0. The molecule has 0 aliphatic carbocycles. The number of nitrogens with zero attached hydrogens (tertiary/aromatic N) is 8. The minimum atomic E-state index is -3.42. The van der Waals surface area contributed by atoms with E-state index in [1.807, 2.05) is 175 Å². The second kappa shape index (κ2) is 29.5. The lowest BCUT2D eigenvalue weighted by Crippen LogP contribution is -2.25. The number of rotatable bonds is 20. The van der Waals surface area contributed by atoms with E-state index >= 15 is 0 Å². The zero-order valence-corrected chi connectivity index (χ0v) is 47.5. The van der Waals surface area contributed by atoms with Crippen LogP contribution in [-0.2, 0) is 64.9 Å². The van der Waals surface area contributed by atoms with E-state index in [4.69, 9.17) is 23.8 Å². The van der Waals surface area contributed by atoms with Gasteiger partial charge in [-0.1, -0.05) is 129 Å². The molecule has 20 heteroatoms. The van der Waals surface area contributed by atoms with Crippen molar-refractivity contribution in [3.8, 4) is 0 Å². The number of amides is 2. The van der Waals surface area contributed by atoms with Crippen molar-refractivity contribution in [1.29, 1.82) is 0 Å². The van der Waals surface area contributed by atoms with Crippen LogP contribution < -0.4 is 25.3 Å². The van der Waals surface area contributed by atoms with Crippen LogP contribution in [0.25, 0.3) is 0 Å². The fraction of sp³-hybridized carbons (Fsp3) is 0.242. The lowest BCUT2D eigenvalue weighted by molar-refractivity contribution is -0.106. The van der Waals surface area contributed by atoms with Crippen molar-refractivity contribution in [2.75, 3.05) is 64.8 Å². The Labute approximate surface area is 480 Å². The van der Waals surface area contributed by atoms with Crippen molar-refractivity contribution >= 4 is 73.6 Å². The molecular formula is C62H69N9O9P2. The number of anilines is 7. The number of pyridine rings is 4. The van der Waals surface area contributed by atoms with Gasteiger partial charge in [0.15, 0.2) is 11.6 Å². The minimum Gasteiger partial charge on any atom is -0.397 e. The van der Waals surface area contributed by atoms with Crippen molar-refractivity contribution in [1.82, 2.24) is 19.9 Å². The van der Waals surface area contributed by atoms with Crippen LogP contribution in [0.1, 0.15) is 76.2 Å². The number of aldehydes is 1. The number of aryl methyl sites for hydroxylation is 1. The Morgan fingerprint density at radius 3 is 1.29 bits per heavy atom. The predicted molar refractivity (Wildman–Crippen MR) is 323 cm³/mol. The summed E-state index contributed by atoms with van der Waals surface area (Å²) in [5.41, 5.74) is 13.3. The van der Waals surface area contributed by atoms with Gasteiger partial charge in [0.2, 0.25) is 0 Å². The molecule has 2 aliphatic heterocycles. The van der Waals surface area contributed by atoms with Crippen molar-refractivity contribution in [3.63, 3.8) is 0 Å². The Hall–Kier alpha value is -8.21. The van der Waals surface area contributed by atoms with Crippen LogP contribution >= 0.6 is 15.2 Å². The highest BCUT2D eigenvalue weighted by Gasteiger charge is 2.33. The number of carbonyl (C=O) groups excluding carboxylic acids is 3. The SMILES string of the molecule is C.CCN1c2ncc(CCCP(=O)(OCc3ccccc3)OCc3ccccc3)cc2C(=O)N(C)c2cccnc21.CCN1c2ncc(N)cc2C(=O)N(C)c2cccnc21.O=CCP(=O)(OCc1ccccc1)OCc1ccccc1. The molecule has 2 amide bonds. The quantitative estimate of drug-likeness (QED) is 0.0555. The van der Waals surface area contributed by atoms with Gasteiger partial charge in [-0.05, 0) is 90.9 Å². The first-order valence-corrected chi connectivity index (χ1v) is 29.9. The molecule has 2 aliphatic rings. The predicted octanol–water partition coefficient (Wildman–Crippen LogP) is 13.0. The van der Waals surface area contributed by atoms with Gasteiger partial charge in [0, 0.05) is 45.8 Å². The number of carbonyl (C=O) groups is 3. The van der Waals surface area contributed by atoms with Crippen LogP contribution in [0, 0.1) is 0 Å². The summed E-state index contributed by atoms with van der Waals surface area (Å²) < 4.78 is 48.9. The van der Waals surface area contributed by atoms with Crippen LogP contribution in [0.15, 0.2) is 183 Å². The third-order valence-electron chi connectivity index (χ3n) is 13.1. The maximum absolute atomic E-state index is 13.8. The largest absolute Gasteiger partial charge is 0.397 e. The smallest absolute Gasteiger partial charge is 0.338 e. The van der Waals surface area contributed by atoms with Gasteiger partial charge in [0.1, 0.15) is 24.1 Å². The molecule has 0 unspecified atom stereocenters. The highest BCUT2D eigenvalue weighted by atomic mass is 31.2. The van der Waals surface area contributed by atoms with Crippen LogP contribution in [-0.4, -0.2) is 77.5 Å². The van der Waals surface area contributed by atoms with Crippen molar-refractivity contribution < 1.29 is 41.6 Å². The number of aromatic nitrogens is 4. The highest BCUT2D eigenvalue weighted by Crippen LogP contribution is 2.51. The first-order chi connectivity index (χ1) is 39.3. The average Bonchev–Trinajstić information content (AvgIpc) is 3.69. The summed E-state index contributed by atoms with van der Waals surface area (Å²) in [6.45, 7) is 6.00. The van der Waals surface area contributed by atoms with E-state index < -0.39 is 15.2 Å². The van der Waals surface area contributed by atoms with Crippen LogP contribution in [0.4, 0.5) is 40.3 Å². The number of nitrogen functional groups attached to an aromatic ring is 1. The van der Waals surface area contributed by atoms with E-state index in [2.05, 4.69) is 19.9 Å². The Kier molecular flexibility index (Phi) is 22.1. The Morgan fingerprint density at radius 2 is 0.890 bits per heavy atom. The zero-order chi connectivity index (χ0) is 57.2. The number of hydrogen-bond acceptors (Lipinski definition) is 16. The Morgan fingerprint density at radius 1 is 0.500 bits per heavy atom. The van der Waals surface area contributed by atoms with Crippen LogP contribution in [0.3, 0.4) is 0 Å². The third kappa shape index (κ3) is 15.8.